The third kappa shape index (κ3) is 7.75. The molecule has 0 saturated carbocycles. The van der Waals surface area contributed by atoms with Gasteiger partial charge in [-0.1, -0.05) is 38.7 Å². The maximum absolute atomic E-state index is 8.72. The number of rotatable bonds is 8. The first-order valence-electron chi connectivity index (χ1n) is 7.70. The molecule has 0 atom stereocenters. The molecule has 1 aromatic carbocycles. The summed E-state index contributed by atoms with van der Waals surface area (Å²) in [5.41, 5.74) is 0.926. The second-order valence-corrected chi connectivity index (χ2v) is 5.44. The Morgan fingerprint density at radius 2 is 2.14 bits per heavy atom. The minimum Gasteiger partial charge on any atom is -0.492 e. The van der Waals surface area contributed by atoms with E-state index in [0.29, 0.717) is 18.9 Å². The lowest BCUT2D eigenvalue weighted by molar-refractivity contribution is 0.200. The molecule has 0 aliphatic carbocycles. The molecule has 0 fully saturated rings. The topological polar surface area (TPSA) is 32.7 Å². The molecule has 3 nitrogen and oxygen atoms in total. The molecule has 0 aliphatic rings. The van der Waals surface area contributed by atoms with Crippen LogP contribution in [0.5, 0.6) is 5.75 Å². The van der Waals surface area contributed by atoms with Crippen LogP contribution in [0.15, 0.2) is 24.3 Å². The van der Waals surface area contributed by atoms with Gasteiger partial charge in [0.1, 0.15) is 12.4 Å². The van der Waals surface area contributed by atoms with Gasteiger partial charge in [0, 0.05) is 25.1 Å². The van der Waals surface area contributed by atoms with Crippen molar-refractivity contribution in [3.05, 3.63) is 29.8 Å². The highest BCUT2D eigenvalue weighted by atomic mass is 16.5. The second kappa shape index (κ2) is 10.3. The summed E-state index contributed by atoms with van der Waals surface area (Å²) in [4.78, 5) is 2.40. The summed E-state index contributed by atoms with van der Waals surface area (Å²) in [5.74, 6) is 7.47. The first-order chi connectivity index (χ1) is 10.2. The molecule has 0 aliphatic heterocycles. The molecule has 0 unspecified atom stereocenters. The predicted octanol–water partition coefficient (Wildman–Crippen LogP) is 2.78. The van der Waals surface area contributed by atoms with Crippen LogP contribution < -0.4 is 4.74 Å². The van der Waals surface area contributed by atoms with Crippen LogP contribution in [0.4, 0.5) is 0 Å². The third-order valence-corrected chi connectivity index (χ3v) is 3.05. The highest BCUT2D eigenvalue weighted by Crippen LogP contribution is 2.12. The Bertz CT molecular complexity index is 460. The maximum atomic E-state index is 8.72. The van der Waals surface area contributed by atoms with Gasteiger partial charge in [0.25, 0.3) is 0 Å². The van der Waals surface area contributed by atoms with Crippen LogP contribution in [0.25, 0.3) is 0 Å². The number of likely N-dealkylation sites (N-methyl/N-ethyl adjacent to an activating group) is 1. The molecule has 0 amide bonds. The van der Waals surface area contributed by atoms with Crippen LogP contribution in [0.3, 0.4) is 0 Å². The fourth-order valence-electron chi connectivity index (χ4n) is 2.07. The Balaban J connectivity index is 2.45. The molecule has 0 aromatic heterocycles. The number of ether oxygens (including phenoxy) is 1. The van der Waals surface area contributed by atoms with Gasteiger partial charge < -0.3 is 9.84 Å². The largest absolute Gasteiger partial charge is 0.492 e. The fraction of sp³-hybridized carbons (Fsp3) is 0.556. The standard InChI is InChI=1S/C18H27NO2/c1-4-19(15-16(2)3)11-13-21-18-10-7-9-17(14-18)8-5-6-12-20/h7,9-10,14,16,20H,4,6,11-13,15H2,1-3H3. The van der Waals surface area contributed by atoms with Crippen molar-refractivity contribution < 1.29 is 9.84 Å². The van der Waals surface area contributed by atoms with Crippen LogP contribution >= 0.6 is 0 Å². The zero-order valence-corrected chi connectivity index (χ0v) is 13.4. The summed E-state index contributed by atoms with van der Waals surface area (Å²) in [6.07, 6.45) is 0.506. The van der Waals surface area contributed by atoms with Crippen molar-refractivity contribution in [1.82, 2.24) is 4.90 Å². The average Bonchev–Trinajstić information content (AvgIpc) is 2.46. The van der Waals surface area contributed by atoms with Gasteiger partial charge >= 0.3 is 0 Å². The smallest absolute Gasteiger partial charge is 0.120 e. The van der Waals surface area contributed by atoms with Gasteiger partial charge in [0.2, 0.25) is 0 Å². The van der Waals surface area contributed by atoms with Crippen LogP contribution in [-0.2, 0) is 0 Å². The molecule has 3 heteroatoms. The first-order valence-corrected chi connectivity index (χ1v) is 7.70. The second-order valence-electron chi connectivity index (χ2n) is 5.44. The Kier molecular flexibility index (Phi) is 8.57. The highest BCUT2D eigenvalue weighted by molar-refractivity contribution is 5.39. The van der Waals surface area contributed by atoms with Crippen LogP contribution in [-0.4, -0.2) is 42.9 Å². The van der Waals surface area contributed by atoms with E-state index in [1.54, 1.807) is 0 Å². The molecule has 116 valence electrons. The minimum atomic E-state index is 0.103. The van der Waals surface area contributed by atoms with Gasteiger partial charge in [-0.25, -0.2) is 0 Å². The fourth-order valence-corrected chi connectivity index (χ4v) is 2.07. The average molecular weight is 289 g/mol. The number of aliphatic hydroxyl groups is 1. The molecule has 0 saturated heterocycles. The summed E-state index contributed by atoms with van der Waals surface area (Å²) in [7, 11) is 0. The summed E-state index contributed by atoms with van der Waals surface area (Å²) in [6, 6.07) is 7.80. The van der Waals surface area contributed by atoms with Gasteiger partial charge in [-0.2, -0.15) is 0 Å². The van der Waals surface area contributed by atoms with Crippen molar-refractivity contribution >= 4 is 0 Å². The van der Waals surface area contributed by atoms with E-state index < -0.39 is 0 Å². The lowest BCUT2D eigenvalue weighted by atomic mass is 10.2. The lowest BCUT2D eigenvalue weighted by Crippen LogP contribution is -2.31. The Labute approximate surface area is 128 Å². The summed E-state index contributed by atoms with van der Waals surface area (Å²) in [6.45, 7) is 10.5. The monoisotopic (exact) mass is 289 g/mol. The van der Waals surface area contributed by atoms with E-state index in [1.807, 2.05) is 24.3 Å². The van der Waals surface area contributed by atoms with Gasteiger partial charge in [0.05, 0.1) is 6.61 Å². The SMILES string of the molecule is CCN(CCOc1cccc(C#CCCO)c1)CC(C)C. The quantitative estimate of drug-likeness (QED) is 0.747. The number of hydrogen-bond donors (Lipinski definition) is 1. The van der Waals surface area contributed by atoms with E-state index in [0.717, 1.165) is 30.9 Å². The van der Waals surface area contributed by atoms with Crippen molar-refractivity contribution in [3.63, 3.8) is 0 Å². The van der Waals surface area contributed by atoms with E-state index in [9.17, 15) is 0 Å². The van der Waals surface area contributed by atoms with Crippen molar-refractivity contribution in [3.8, 4) is 17.6 Å². The highest BCUT2D eigenvalue weighted by Gasteiger charge is 2.05. The third-order valence-electron chi connectivity index (χ3n) is 3.05. The summed E-state index contributed by atoms with van der Waals surface area (Å²) >= 11 is 0. The van der Waals surface area contributed by atoms with Crippen molar-refractivity contribution in [2.24, 2.45) is 5.92 Å². The van der Waals surface area contributed by atoms with Gasteiger partial charge in [0.15, 0.2) is 0 Å². The normalized spacial score (nSPS) is 10.6. The summed E-state index contributed by atoms with van der Waals surface area (Å²) in [5, 5.41) is 8.72. The van der Waals surface area contributed by atoms with Crippen LogP contribution in [0.1, 0.15) is 32.8 Å². The van der Waals surface area contributed by atoms with Crippen molar-refractivity contribution in [2.75, 3.05) is 32.8 Å². The molecule has 21 heavy (non-hydrogen) atoms. The molecule has 0 radical (unpaired) electrons. The zero-order chi connectivity index (χ0) is 15.5. The molecule has 0 heterocycles. The lowest BCUT2D eigenvalue weighted by Gasteiger charge is -2.22. The maximum Gasteiger partial charge on any atom is 0.120 e. The van der Waals surface area contributed by atoms with Crippen LogP contribution in [0, 0.1) is 17.8 Å². The van der Waals surface area contributed by atoms with Gasteiger partial charge in [-0.3, -0.25) is 4.90 Å². The summed E-state index contributed by atoms with van der Waals surface area (Å²) < 4.78 is 5.81. The first kappa shape index (κ1) is 17.6. The molecule has 1 aromatic rings. The van der Waals surface area contributed by atoms with Crippen LogP contribution in [0.2, 0.25) is 0 Å². The Morgan fingerprint density at radius 3 is 2.81 bits per heavy atom. The molecule has 0 bridgehead atoms. The Morgan fingerprint density at radius 1 is 1.33 bits per heavy atom. The molecule has 1 N–H and O–H groups in total. The van der Waals surface area contributed by atoms with E-state index in [-0.39, 0.29) is 6.61 Å². The van der Waals surface area contributed by atoms with Gasteiger partial charge in [-0.05, 0) is 30.7 Å². The Hall–Kier alpha value is -1.50. The van der Waals surface area contributed by atoms with E-state index in [2.05, 4.69) is 37.5 Å². The number of benzene rings is 1. The van der Waals surface area contributed by atoms with Gasteiger partial charge in [-0.15, -0.1) is 0 Å². The predicted molar refractivity (Wildman–Crippen MR) is 87.5 cm³/mol. The molecule has 1 rings (SSSR count). The number of hydrogen-bond acceptors (Lipinski definition) is 3. The number of nitrogens with zero attached hydrogens (tertiary/aromatic N) is 1. The van der Waals surface area contributed by atoms with E-state index in [4.69, 9.17) is 9.84 Å². The van der Waals surface area contributed by atoms with Crippen molar-refractivity contribution in [2.45, 2.75) is 27.2 Å². The molecule has 0 spiro atoms. The van der Waals surface area contributed by atoms with E-state index >= 15 is 0 Å². The zero-order valence-electron chi connectivity index (χ0n) is 13.4. The molecular formula is C18H27NO2. The van der Waals surface area contributed by atoms with Crippen molar-refractivity contribution in [1.29, 1.82) is 0 Å². The van der Waals surface area contributed by atoms with E-state index in [1.165, 1.54) is 0 Å². The minimum absolute atomic E-state index is 0.103. The molecular weight excluding hydrogens is 262 g/mol. The number of aliphatic hydroxyl groups excluding tert-OH is 1.